The van der Waals surface area contributed by atoms with E-state index in [1.54, 1.807) is 30.3 Å². The summed E-state index contributed by atoms with van der Waals surface area (Å²) in [6.07, 6.45) is 2.37. The first kappa shape index (κ1) is 24.3. The van der Waals surface area contributed by atoms with Crippen LogP contribution in [0.1, 0.15) is 30.9 Å². The quantitative estimate of drug-likeness (QED) is 0.371. The number of allylic oxidation sites excluding steroid dienone is 1. The van der Waals surface area contributed by atoms with Gasteiger partial charge in [-0.05, 0) is 51.0 Å². The van der Waals surface area contributed by atoms with E-state index >= 15 is 0 Å². The van der Waals surface area contributed by atoms with Gasteiger partial charge in [-0.15, -0.1) is 6.58 Å². The van der Waals surface area contributed by atoms with Crippen molar-refractivity contribution in [1.82, 2.24) is 0 Å². The smallest absolute Gasteiger partial charge is 0.266 e. The normalized spacial score (nSPS) is 12.6. The van der Waals surface area contributed by atoms with Gasteiger partial charge < -0.3 is 0 Å². The molecule has 0 aliphatic heterocycles. The molecule has 0 aliphatic carbocycles. The van der Waals surface area contributed by atoms with Crippen LogP contribution in [0, 0.1) is 19.3 Å². The van der Waals surface area contributed by atoms with Gasteiger partial charge in [-0.2, -0.15) is 16.8 Å². The molecule has 2 aromatic rings. The number of benzene rings is 2. The van der Waals surface area contributed by atoms with Crippen LogP contribution in [0.25, 0.3) is 0 Å². The Morgan fingerprint density at radius 2 is 1.17 bits per heavy atom. The minimum absolute atomic E-state index is 0.0462. The Balaban J connectivity index is 2.17. The summed E-state index contributed by atoms with van der Waals surface area (Å²) in [5.41, 5.74) is 0.994. The summed E-state index contributed by atoms with van der Waals surface area (Å²) in [7, 11) is -7.98. The van der Waals surface area contributed by atoms with Crippen molar-refractivity contribution in [3.05, 3.63) is 72.3 Å². The third-order valence-electron chi connectivity index (χ3n) is 4.99. The number of rotatable bonds is 11. The molecule has 0 aliphatic rings. The Hall–Kier alpha value is -2.00. The second kappa shape index (κ2) is 9.87. The Labute approximate surface area is 179 Å². The van der Waals surface area contributed by atoms with Crippen molar-refractivity contribution in [2.24, 2.45) is 5.41 Å². The predicted molar refractivity (Wildman–Crippen MR) is 116 cm³/mol. The van der Waals surface area contributed by atoms with Gasteiger partial charge >= 0.3 is 0 Å². The maximum Gasteiger partial charge on any atom is 0.296 e. The van der Waals surface area contributed by atoms with E-state index < -0.39 is 25.7 Å². The molecule has 0 aromatic heterocycles. The van der Waals surface area contributed by atoms with Crippen LogP contribution in [0.3, 0.4) is 0 Å². The molecule has 2 rings (SSSR count). The van der Waals surface area contributed by atoms with E-state index in [-0.39, 0.29) is 23.0 Å². The molecule has 30 heavy (non-hydrogen) atoms. The van der Waals surface area contributed by atoms with Crippen molar-refractivity contribution in [1.29, 1.82) is 0 Å². The van der Waals surface area contributed by atoms with Crippen molar-refractivity contribution in [2.45, 2.75) is 43.4 Å². The molecule has 0 saturated carbocycles. The zero-order valence-electron chi connectivity index (χ0n) is 17.5. The lowest BCUT2D eigenvalue weighted by atomic mass is 9.84. The van der Waals surface area contributed by atoms with E-state index in [0.29, 0.717) is 12.8 Å². The fraction of sp³-hybridized carbons (Fsp3) is 0.364. The number of aryl methyl sites for hydroxylation is 2. The summed E-state index contributed by atoms with van der Waals surface area (Å²) in [6, 6.07) is 12.6. The van der Waals surface area contributed by atoms with Crippen molar-refractivity contribution in [3.63, 3.8) is 0 Å². The topological polar surface area (TPSA) is 86.7 Å². The molecule has 164 valence electrons. The molecule has 0 N–H and O–H groups in total. The van der Waals surface area contributed by atoms with E-state index in [2.05, 4.69) is 6.58 Å². The van der Waals surface area contributed by atoms with Crippen LogP contribution in [0.2, 0.25) is 0 Å². The lowest BCUT2D eigenvalue weighted by molar-refractivity contribution is 0.0829. The SMILES string of the molecule is C=CCC(CC)(COS(=O)(=O)c1ccc(C)cc1)COS(=O)(=O)c1ccc(C)cc1. The van der Waals surface area contributed by atoms with Crippen LogP contribution in [0.5, 0.6) is 0 Å². The van der Waals surface area contributed by atoms with Gasteiger partial charge in [-0.25, -0.2) is 0 Å². The van der Waals surface area contributed by atoms with E-state index in [9.17, 15) is 16.8 Å². The van der Waals surface area contributed by atoms with Gasteiger partial charge in [0.1, 0.15) is 0 Å². The molecule has 0 spiro atoms. The lowest BCUT2D eigenvalue weighted by Gasteiger charge is -2.30. The summed E-state index contributed by atoms with van der Waals surface area (Å²) in [6.45, 7) is 8.79. The molecule has 0 fully saturated rings. The van der Waals surface area contributed by atoms with E-state index in [1.807, 2.05) is 20.8 Å². The highest BCUT2D eigenvalue weighted by molar-refractivity contribution is 7.87. The van der Waals surface area contributed by atoms with Crippen molar-refractivity contribution < 1.29 is 25.2 Å². The summed E-state index contributed by atoms with van der Waals surface area (Å²) >= 11 is 0. The van der Waals surface area contributed by atoms with Crippen molar-refractivity contribution in [3.8, 4) is 0 Å². The van der Waals surface area contributed by atoms with Crippen LogP contribution in [-0.4, -0.2) is 30.0 Å². The maximum absolute atomic E-state index is 12.6. The molecule has 6 nitrogen and oxygen atoms in total. The Kier molecular flexibility index (Phi) is 7.99. The molecule has 0 unspecified atom stereocenters. The lowest BCUT2D eigenvalue weighted by Crippen LogP contribution is -2.33. The largest absolute Gasteiger partial charge is 0.296 e. The zero-order chi connectivity index (χ0) is 22.4. The van der Waals surface area contributed by atoms with Crippen molar-refractivity contribution >= 4 is 20.2 Å². The third kappa shape index (κ3) is 6.25. The standard InChI is InChI=1S/C22H28O6S2/c1-5-15-22(6-2,16-27-29(23,24)20-11-7-18(3)8-12-20)17-28-30(25,26)21-13-9-19(4)10-14-21/h5,7-14H,1,6,15-17H2,2-4H3. The van der Waals surface area contributed by atoms with Gasteiger partial charge in [0.15, 0.2) is 0 Å². The van der Waals surface area contributed by atoms with Crippen LogP contribution in [-0.2, 0) is 28.6 Å². The fourth-order valence-electron chi connectivity index (χ4n) is 2.77. The highest BCUT2D eigenvalue weighted by Gasteiger charge is 2.33. The van der Waals surface area contributed by atoms with E-state index in [1.165, 1.54) is 24.3 Å². The molecule has 0 saturated heterocycles. The van der Waals surface area contributed by atoms with Crippen LogP contribution in [0.4, 0.5) is 0 Å². The van der Waals surface area contributed by atoms with Crippen LogP contribution in [0.15, 0.2) is 71.0 Å². The molecule has 0 bridgehead atoms. The van der Waals surface area contributed by atoms with Crippen LogP contribution >= 0.6 is 0 Å². The summed E-state index contributed by atoms with van der Waals surface area (Å²) < 4.78 is 60.8. The van der Waals surface area contributed by atoms with Gasteiger partial charge in [0, 0.05) is 5.41 Å². The highest BCUT2D eigenvalue weighted by Crippen LogP contribution is 2.31. The first-order chi connectivity index (χ1) is 14.0. The maximum atomic E-state index is 12.6. The van der Waals surface area contributed by atoms with E-state index in [0.717, 1.165) is 11.1 Å². The summed E-state index contributed by atoms with van der Waals surface area (Å²) in [4.78, 5) is 0.0924. The average Bonchev–Trinajstić information content (AvgIpc) is 2.71. The van der Waals surface area contributed by atoms with Crippen LogP contribution < -0.4 is 0 Å². The molecule has 0 atom stereocenters. The monoisotopic (exact) mass is 452 g/mol. The van der Waals surface area contributed by atoms with Gasteiger partial charge in [-0.1, -0.05) is 48.4 Å². The minimum atomic E-state index is -3.99. The number of hydrogen-bond acceptors (Lipinski definition) is 6. The van der Waals surface area contributed by atoms with Gasteiger partial charge in [0.25, 0.3) is 20.2 Å². The molecule has 2 aromatic carbocycles. The second-order valence-corrected chi connectivity index (χ2v) is 10.6. The first-order valence-corrected chi connectivity index (χ1v) is 12.4. The minimum Gasteiger partial charge on any atom is -0.266 e. The molecule has 8 heteroatoms. The van der Waals surface area contributed by atoms with Gasteiger partial charge in [0.05, 0.1) is 23.0 Å². The number of hydrogen-bond donors (Lipinski definition) is 0. The van der Waals surface area contributed by atoms with E-state index in [4.69, 9.17) is 8.37 Å². The Morgan fingerprint density at radius 3 is 1.47 bits per heavy atom. The molecule has 0 amide bonds. The molecular formula is C22H28O6S2. The fourth-order valence-corrected chi connectivity index (χ4v) is 4.79. The average molecular weight is 453 g/mol. The Morgan fingerprint density at radius 1 is 0.800 bits per heavy atom. The van der Waals surface area contributed by atoms with Gasteiger partial charge in [-0.3, -0.25) is 8.37 Å². The third-order valence-corrected chi connectivity index (χ3v) is 7.54. The molecule has 0 radical (unpaired) electrons. The predicted octanol–water partition coefficient (Wildman–Crippen LogP) is 4.39. The summed E-state index contributed by atoms with van der Waals surface area (Å²) in [5, 5.41) is 0. The van der Waals surface area contributed by atoms with Crippen molar-refractivity contribution in [2.75, 3.05) is 13.2 Å². The molecular weight excluding hydrogens is 424 g/mol. The zero-order valence-corrected chi connectivity index (χ0v) is 19.1. The van der Waals surface area contributed by atoms with Gasteiger partial charge in [0.2, 0.25) is 0 Å². The second-order valence-electron chi connectivity index (χ2n) is 7.41. The summed E-state index contributed by atoms with van der Waals surface area (Å²) in [5.74, 6) is 0. The molecule has 0 heterocycles. The highest BCUT2D eigenvalue weighted by atomic mass is 32.2. The Bertz CT molecular complexity index is 974. The first-order valence-electron chi connectivity index (χ1n) is 9.57.